The number of aliphatic hydroxyl groups is 1. The molecule has 1 aliphatic carbocycles. The van der Waals surface area contributed by atoms with Gasteiger partial charge in [-0.3, -0.25) is 9.88 Å². The minimum atomic E-state index is -3.98. The standard InChI is InChI=1S/C11H16N4O4S.2Rh/c1-7-2-11(14-6-13-7)15-9-3-8(10(16)4-9)5-19-20(12,17)18;;/h8-10,16H,3-5H2,1H3,(H2,12,17,18)(H,13,14,15);;/q-2;;/t8-,9+,10-;;/m0../s1. The van der Waals surface area contributed by atoms with Crippen LogP contribution in [0.1, 0.15) is 18.5 Å². The Bertz CT molecular complexity index is 575. The molecule has 130 valence electrons. The first-order valence-electron chi connectivity index (χ1n) is 6.09. The number of aromatic nitrogens is 2. The molecule has 1 aromatic heterocycles. The van der Waals surface area contributed by atoms with E-state index in [-0.39, 0.29) is 57.5 Å². The van der Waals surface area contributed by atoms with E-state index in [1.54, 1.807) is 6.92 Å². The maximum atomic E-state index is 10.7. The number of nitrogens with zero attached hydrogens (tertiary/aromatic N) is 2. The predicted octanol–water partition coefficient (Wildman–Crippen LogP) is -0.848. The first-order valence-corrected chi connectivity index (χ1v) is 7.56. The van der Waals surface area contributed by atoms with Gasteiger partial charge in [-0.1, -0.05) is 0 Å². The molecule has 0 bridgehead atoms. The van der Waals surface area contributed by atoms with Gasteiger partial charge in [-0.2, -0.15) is 14.2 Å². The Hall–Kier alpha value is -0.0432. The Balaban J connectivity index is 0.00000220. The quantitative estimate of drug-likeness (QED) is 0.351. The molecule has 0 spiro atoms. The van der Waals surface area contributed by atoms with Gasteiger partial charge in [0.2, 0.25) is 0 Å². The van der Waals surface area contributed by atoms with Crippen molar-refractivity contribution in [2.45, 2.75) is 31.9 Å². The van der Waals surface area contributed by atoms with Crippen molar-refractivity contribution in [1.82, 2.24) is 9.97 Å². The molecule has 22 heavy (non-hydrogen) atoms. The van der Waals surface area contributed by atoms with Gasteiger partial charge in [0.25, 0.3) is 0 Å². The average molecular weight is 506 g/mol. The van der Waals surface area contributed by atoms with Crippen LogP contribution in [0.4, 0.5) is 5.82 Å². The summed E-state index contributed by atoms with van der Waals surface area (Å²) in [7, 11) is -3.98. The molecule has 0 unspecified atom stereocenters. The summed E-state index contributed by atoms with van der Waals surface area (Å²) < 4.78 is 26.0. The molecule has 1 aliphatic rings. The van der Waals surface area contributed by atoms with E-state index in [1.807, 2.05) is 0 Å². The molecule has 4 N–H and O–H groups in total. The molecule has 0 aliphatic heterocycles. The zero-order valence-corrected chi connectivity index (χ0v) is 15.7. The smallest absolute Gasteiger partial charge is 0.333 e. The van der Waals surface area contributed by atoms with E-state index in [9.17, 15) is 13.5 Å². The zero-order valence-electron chi connectivity index (χ0n) is 11.6. The van der Waals surface area contributed by atoms with Gasteiger partial charge in [0.1, 0.15) is 0 Å². The Morgan fingerprint density at radius 3 is 2.68 bits per heavy atom. The number of rotatable bonds is 5. The molecule has 0 amide bonds. The fourth-order valence-corrected chi connectivity index (χ4v) is 2.59. The molecule has 0 saturated heterocycles. The summed E-state index contributed by atoms with van der Waals surface area (Å²) in [5, 5.41) is 17.7. The summed E-state index contributed by atoms with van der Waals surface area (Å²) in [6.45, 7) is 1.65. The number of aryl methyl sites for hydroxylation is 1. The summed E-state index contributed by atoms with van der Waals surface area (Å²) in [6, 6.07) is 2.88. The largest absolute Gasteiger partial charge is 0.550 e. The van der Waals surface area contributed by atoms with Gasteiger partial charge in [-0.25, -0.2) is 5.14 Å². The zero-order chi connectivity index (χ0) is 14.8. The normalized spacial score (nSPS) is 24.2. The van der Waals surface area contributed by atoms with Crippen molar-refractivity contribution in [3.05, 3.63) is 18.1 Å². The van der Waals surface area contributed by atoms with Crippen molar-refractivity contribution in [1.29, 1.82) is 0 Å². The van der Waals surface area contributed by atoms with Crippen LogP contribution in [0.5, 0.6) is 0 Å². The van der Waals surface area contributed by atoms with Gasteiger partial charge >= 0.3 is 10.3 Å². The van der Waals surface area contributed by atoms with Gasteiger partial charge < -0.3 is 26.5 Å². The number of hydrogen-bond acceptors (Lipinski definition) is 7. The van der Waals surface area contributed by atoms with Crippen molar-refractivity contribution < 1.29 is 56.7 Å². The van der Waals surface area contributed by atoms with E-state index >= 15 is 0 Å². The van der Waals surface area contributed by atoms with E-state index in [0.717, 1.165) is 0 Å². The maximum absolute atomic E-state index is 10.7. The monoisotopic (exact) mass is 506 g/mol. The van der Waals surface area contributed by atoms with Crippen LogP contribution >= 0.6 is 0 Å². The second kappa shape index (κ2) is 9.30. The number of nitrogens with two attached hydrogens (primary N) is 1. The van der Waals surface area contributed by atoms with Crippen LogP contribution in [-0.4, -0.2) is 42.2 Å². The summed E-state index contributed by atoms with van der Waals surface area (Å²) in [4.78, 5) is 7.73. The van der Waals surface area contributed by atoms with Crippen LogP contribution in [0.25, 0.3) is 0 Å². The first kappa shape index (κ1) is 22.0. The third-order valence-corrected chi connectivity index (χ3v) is 3.59. The summed E-state index contributed by atoms with van der Waals surface area (Å²) in [5.74, 6) is 0.209. The number of aliphatic hydroxyl groups excluding tert-OH is 1. The molecular weight excluding hydrogens is 490 g/mol. The topological polar surface area (TPSA) is 127 Å². The van der Waals surface area contributed by atoms with Crippen molar-refractivity contribution in [2.24, 2.45) is 11.1 Å². The Morgan fingerprint density at radius 2 is 2.09 bits per heavy atom. The molecule has 11 heteroatoms. The molecule has 2 rings (SSSR count). The van der Waals surface area contributed by atoms with Gasteiger partial charge in [-0.05, 0) is 12.8 Å². The third kappa shape index (κ3) is 7.02. The van der Waals surface area contributed by atoms with Gasteiger partial charge in [-0.15, -0.1) is 6.92 Å². The Morgan fingerprint density at radius 1 is 1.41 bits per heavy atom. The Kier molecular flexibility index (Phi) is 9.28. The van der Waals surface area contributed by atoms with E-state index in [2.05, 4.69) is 31.9 Å². The van der Waals surface area contributed by atoms with Crippen LogP contribution in [0, 0.1) is 25.2 Å². The summed E-state index contributed by atoms with van der Waals surface area (Å²) in [5.41, 5.74) is 0.662. The van der Waals surface area contributed by atoms with Crippen LogP contribution in [0.15, 0.2) is 0 Å². The summed E-state index contributed by atoms with van der Waals surface area (Å²) >= 11 is 0. The molecule has 2 radical (unpaired) electrons. The molecule has 1 fully saturated rings. The number of hydrogen-bond donors (Lipinski definition) is 3. The van der Waals surface area contributed by atoms with Crippen molar-refractivity contribution >= 4 is 16.1 Å². The van der Waals surface area contributed by atoms with Crippen LogP contribution in [0.3, 0.4) is 0 Å². The SMILES string of the molecule is Cc1[c-]c(N[C@@H]2C[C@@H](COS(N)(=O)=O)[C@@H](O)C2)n[c-]n1.[Rh].[Rh]. The van der Waals surface area contributed by atoms with E-state index in [4.69, 9.17) is 5.14 Å². The van der Waals surface area contributed by atoms with Gasteiger partial charge in [0, 0.05) is 57.2 Å². The average Bonchev–Trinajstić information content (AvgIpc) is 2.66. The maximum Gasteiger partial charge on any atom is 0.333 e. The summed E-state index contributed by atoms with van der Waals surface area (Å²) in [6.07, 6.45) is 2.86. The van der Waals surface area contributed by atoms with Crippen LogP contribution in [0.2, 0.25) is 0 Å². The van der Waals surface area contributed by atoms with Crippen LogP contribution < -0.4 is 10.5 Å². The molecular formula is C11H16N4O4Rh2S-2. The fraction of sp³-hybridized carbons (Fsp3) is 0.636. The van der Waals surface area contributed by atoms with Crippen molar-refractivity contribution in [3.63, 3.8) is 0 Å². The Labute approximate surface area is 155 Å². The minimum absolute atomic E-state index is 0. The first-order chi connectivity index (χ1) is 9.33. The second-order valence-electron chi connectivity index (χ2n) is 4.80. The van der Waals surface area contributed by atoms with Crippen molar-refractivity contribution in [2.75, 3.05) is 11.9 Å². The molecule has 0 aromatic carbocycles. The fourth-order valence-electron chi connectivity index (χ4n) is 2.22. The van der Waals surface area contributed by atoms with Crippen molar-refractivity contribution in [3.8, 4) is 0 Å². The number of anilines is 1. The third-order valence-electron chi connectivity index (χ3n) is 3.12. The number of nitrogens with one attached hydrogen (secondary N) is 1. The van der Waals surface area contributed by atoms with Gasteiger partial charge in [0.15, 0.2) is 0 Å². The predicted molar refractivity (Wildman–Crippen MR) is 69.6 cm³/mol. The van der Waals surface area contributed by atoms with Gasteiger partial charge in [0.05, 0.1) is 12.7 Å². The van der Waals surface area contributed by atoms with E-state index < -0.39 is 16.4 Å². The minimum Gasteiger partial charge on any atom is -0.550 e. The second-order valence-corrected chi connectivity index (χ2v) is 6.02. The molecule has 3 atom stereocenters. The molecule has 1 heterocycles. The van der Waals surface area contributed by atoms with Crippen LogP contribution in [-0.2, 0) is 53.4 Å². The molecule has 8 nitrogen and oxygen atoms in total. The molecule has 1 saturated carbocycles. The van der Waals surface area contributed by atoms with E-state index in [0.29, 0.717) is 24.4 Å². The van der Waals surface area contributed by atoms with E-state index in [1.165, 1.54) is 0 Å². The molecule has 1 aromatic rings.